The molecular formula is C21H25FN4. The van der Waals surface area contributed by atoms with E-state index < -0.39 is 0 Å². The molecule has 0 spiro atoms. The number of hydrogen-bond donors (Lipinski definition) is 0. The molecule has 5 heteroatoms. The van der Waals surface area contributed by atoms with Gasteiger partial charge in [-0.1, -0.05) is 25.1 Å². The molecule has 3 aromatic rings. The summed E-state index contributed by atoms with van der Waals surface area (Å²) < 4.78 is 15.4. The molecular weight excluding hydrogens is 327 g/mol. The van der Waals surface area contributed by atoms with Gasteiger partial charge in [-0.3, -0.25) is 4.98 Å². The molecule has 0 unspecified atom stereocenters. The molecule has 2 heterocycles. The zero-order chi connectivity index (χ0) is 18.6. The first-order valence-electron chi connectivity index (χ1n) is 9.11. The Morgan fingerprint density at radius 2 is 1.77 bits per heavy atom. The highest BCUT2D eigenvalue weighted by Gasteiger charge is 2.31. The van der Waals surface area contributed by atoms with Gasteiger partial charge in [0, 0.05) is 19.2 Å². The molecule has 0 aliphatic carbocycles. The van der Waals surface area contributed by atoms with Gasteiger partial charge in [0.05, 0.1) is 11.1 Å². The third-order valence-corrected chi connectivity index (χ3v) is 4.70. The van der Waals surface area contributed by atoms with E-state index in [1.165, 1.54) is 12.1 Å². The molecule has 3 rings (SSSR count). The highest BCUT2D eigenvalue weighted by atomic mass is 19.1. The molecule has 26 heavy (non-hydrogen) atoms. The standard InChI is InChI=1S/C21H25FN4/c1-4-7-19-24-25-20(21(2,3)18-8-5-6-14-23-18)26(19)15-13-16-9-11-17(22)12-10-16/h5-6,8-12,14H,4,7,13,15H2,1-3H3. The second-order valence-corrected chi connectivity index (χ2v) is 7.06. The summed E-state index contributed by atoms with van der Waals surface area (Å²) in [5, 5.41) is 8.97. The molecule has 0 radical (unpaired) electrons. The van der Waals surface area contributed by atoms with E-state index in [-0.39, 0.29) is 11.2 Å². The van der Waals surface area contributed by atoms with E-state index in [1.54, 1.807) is 0 Å². The summed E-state index contributed by atoms with van der Waals surface area (Å²) in [4.78, 5) is 4.53. The van der Waals surface area contributed by atoms with Crippen LogP contribution in [0.2, 0.25) is 0 Å². The Hall–Kier alpha value is -2.56. The van der Waals surface area contributed by atoms with Crippen molar-refractivity contribution < 1.29 is 4.39 Å². The van der Waals surface area contributed by atoms with Crippen LogP contribution >= 0.6 is 0 Å². The zero-order valence-electron chi connectivity index (χ0n) is 15.6. The van der Waals surface area contributed by atoms with E-state index in [0.717, 1.165) is 48.7 Å². The van der Waals surface area contributed by atoms with Crippen molar-refractivity contribution in [2.45, 2.75) is 52.0 Å². The summed E-state index contributed by atoms with van der Waals surface area (Å²) in [5.41, 5.74) is 1.73. The fraction of sp³-hybridized carbons (Fsp3) is 0.381. The van der Waals surface area contributed by atoms with Gasteiger partial charge in [-0.15, -0.1) is 10.2 Å². The monoisotopic (exact) mass is 352 g/mol. The largest absolute Gasteiger partial charge is 0.314 e. The van der Waals surface area contributed by atoms with E-state index in [0.29, 0.717) is 0 Å². The molecule has 4 nitrogen and oxygen atoms in total. The minimum atomic E-state index is -0.344. The van der Waals surface area contributed by atoms with Crippen molar-refractivity contribution in [3.8, 4) is 0 Å². The second kappa shape index (κ2) is 7.77. The average molecular weight is 352 g/mol. The second-order valence-electron chi connectivity index (χ2n) is 7.06. The average Bonchev–Trinajstić information content (AvgIpc) is 3.06. The van der Waals surface area contributed by atoms with Crippen molar-refractivity contribution in [1.29, 1.82) is 0 Å². The van der Waals surface area contributed by atoms with Crippen LogP contribution in [0.1, 0.15) is 50.1 Å². The van der Waals surface area contributed by atoms with Crippen molar-refractivity contribution in [2.24, 2.45) is 0 Å². The van der Waals surface area contributed by atoms with E-state index >= 15 is 0 Å². The lowest BCUT2D eigenvalue weighted by Crippen LogP contribution is -2.26. The van der Waals surface area contributed by atoms with Gasteiger partial charge in [0.15, 0.2) is 0 Å². The fourth-order valence-corrected chi connectivity index (χ4v) is 3.18. The molecule has 0 fully saturated rings. The number of nitrogens with zero attached hydrogens (tertiary/aromatic N) is 4. The maximum Gasteiger partial charge on any atom is 0.144 e. The summed E-state index contributed by atoms with van der Waals surface area (Å²) in [5.74, 6) is 1.71. The predicted molar refractivity (Wildman–Crippen MR) is 100 cm³/mol. The number of pyridine rings is 1. The fourth-order valence-electron chi connectivity index (χ4n) is 3.18. The quantitative estimate of drug-likeness (QED) is 0.635. The summed E-state index contributed by atoms with van der Waals surface area (Å²) in [7, 11) is 0. The van der Waals surface area contributed by atoms with Gasteiger partial charge in [-0.2, -0.15) is 0 Å². The number of aromatic nitrogens is 4. The highest BCUT2D eigenvalue weighted by Crippen LogP contribution is 2.29. The molecule has 0 bridgehead atoms. The summed E-state index contributed by atoms with van der Waals surface area (Å²) in [6, 6.07) is 12.6. The molecule has 0 atom stereocenters. The third kappa shape index (κ3) is 3.82. The maximum absolute atomic E-state index is 13.1. The first kappa shape index (κ1) is 18.2. The van der Waals surface area contributed by atoms with Crippen molar-refractivity contribution >= 4 is 0 Å². The highest BCUT2D eigenvalue weighted by molar-refractivity contribution is 5.25. The van der Waals surface area contributed by atoms with Gasteiger partial charge in [-0.25, -0.2) is 4.39 Å². The van der Waals surface area contributed by atoms with Crippen LogP contribution < -0.4 is 0 Å². The third-order valence-electron chi connectivity index (χ3n) is 4.70. The van der Waals surface area contributed by atoms with E-state index in [4.69, 9.17) is 0 Å². The Kier molecular flexibility index (Phi) is 5.45. The van der Waals surface area contributed by atoms with Crippen LogP contribution in [0.4, 0.5) is 4.39 Å². The van der Waals surface area contributed by atoms with Crippen LogP contribution in [0.5, 0.6) is 0 Å². The molecule has 0 amide bonds. The van der Waals surface area contributed by atoms with Crippen LogP contribution in [0.15, 0.2) is 48.7 Å². The van der Waals surface area contributed by atoms with Crippen LogP contribution in [0, 0.1) is 5.82 Å². The lowest BCUT2D eigenvalue weighted by Gasteiger charge is -2.24. The SMILES string of the molecule is CCCc1nnc(C(C)(C)c2ccccn2)n1CCc1ccc(F)cc1. The minimum Gasteiger partial charge on any atom is -0.314 e. The predicted octanol–water partition coefficient (Wildman–Crippen LogP) is 4.33. The lowest BCUT2D eigenvalue weighted by atomic mass is 9.87. The lowest BCUT2D eigenvalue weighted by molar-refractivity contribution is 0.508. The first-order valence-corrected chi connectivity index (χ1v) is 9.11. The Balaban J connectivity index is 1.92. The van der Waals surface area contributed by atoms with Crippen LogP contribution in [0.25, 0.3) is 0 Å². The van der Waals surface area contributed by atoms with Crippen LogP contribution in [0.3, 0.4) is 0 Å². The molecule has 1 aromatic carbocycles. The minimum absolute atomic E-state index is 0.207. The molecule has 0 aliphatic heterocycles. The van der Waals surface area contributed by atoms with Crippen LogP contribution in [-0.2, 0) is 24.8 Å². The van der Waals surface area contributed by atoms with E-state index in [1.807, 2.05) is 36.5 Å². The van der Waals surface area contributed by atoms with Gasteiger partial charge in [0.1, 0.15) is 17.5 Å². The summed E-state index contributed by atoms with van der Waals surface area (Å²) in [6.45, 7) is 7.16. The summed E-state index contributed by atoms with van der Waals surface area (Å²) >= 11 is 0. The Bertz CT molecular complexity index is 838. The topological polar surface area (TPSA) is 43.6 Å². The van der Waals surface area contributed by atoms with E-state index in [9.17, 15) is 4.39 Å². The zero-order valence-corrected chi connectivity index (χ0v) is 15.6. The van der Waals surface area contributed by atoms with Crippen molar-refractivity contribution in [1.82, 2.24) is 19.7 Å². The van der Waals surface area contributed by atoms with Crippen molar-refractivity contribution in [2.75, 3.05) is 0 Å². The number of rotatable bonds is 7. The maximum atomic E-state index is 13.1. The number of halogens is 1. The molecule has 2 aromatic heterocycles. The Morgan fingerprint density at radius 3 is 2.42 bits per heavy atom. The molecule has 0 saturated carbocycles. The Labute approximate surface area is 154 Å². The van der Waals surface area contributed by atoms with Gasteiger partial charge < -0.3 is 4.57 Å². The first-order chi connectivity index (χ1) is 12.5. The number of aryl methyl sites for hydroxylation is 2. The Morgan fingerprint density at radius 1 is 1.00 bits per heavy atom. The number of hydrogen-bond acceptors (Lipinski definition) is 3. The van der Waals surface area contributed by atoms with Crippen molar-refractivity contribution in [3.63, 3.8) is 0 Å². The van der Waals surface area contributed by atoms with E-state index in [2.05, 4.69) is 40.5 Å². The molecule has 0 saturated heterocycles. The smallest absolute Gasteiger partial charge is 0.144 e. The molecule has 136 valence electrons. The number of benzene rings is 1. The summed E-state index contributed by atoms with van der Waals surface area (Å²) in [6.07, 6.45) is 4.51. The molecule has 0 aliphatic rings. The van der Waals surface area contributed by atoms with Gasteiger partial charge in [-0.05, 0) is 56.5 Å². The van der Waals surface area contributed by atoms with Crippen LogP contribution in [-0.4, -0.2) is 19.7 Å². The molecule has 0 N–H and O–H groups in total. The van der Waals surface area contributed by atoms with Gasteiger partial charge in [0.2, 0.25) is 0 Å². The van der Waals surface area contributed by atoms with Gasteiger partial charge >= 0.3 is 0 Å². The van der Waals surface area contributed by atoms with Gasteiger partial charge in [0.25, 0.3) is 0 Å². The van der Waals surface area contributed by atoms with Crippen molar-refractivity contribution in [3.05, 3.63) is 77.4 Å². The normalized spacial score (nSPS) is 11.7.